The molecule has 0 aliphatic rings. The van der Waals surface area contributed by atoms with Crippen molar-refractivity contribution in [2.45, 2.75) is 11.8 Å². The number of aromatic amines is 1. The molecule has 2 N–H and O–H groups in total. The van der Waals surface area contributed by atoms with Gasteiger partial charge in [0.05, 0.1) is 17.0 Å². The van der Waals surface area contributed by atoms with E-state index in [4.69, 9.17) is 23.2 Å². The number of thioether (sulfide) groups is 1. The second-order valence-corrected chi connectivity index (χ2v) is 5.70. The number of benzene rings is 1. The number of aromatic nitrogens is 2. The highest BCUT2D eigenvalue weighted by Crippen LogP contribution is 2.29. The van der Waals surface area contributed by atoms with Crippen LogP contribution in [0.5, 0.6) is 0 Å². The summed E-state index contributed by atoms with van der Waals surface area (Å²) in [4.78, 5) is 12.6. The predicted molar refractivity (Wildman–Crippen MR) is 79.1 cm³/mol. The van der Waals surface area contributed by atoms with Gasteiger partial charge in [-0.25, -0.2) is 0 Å². The highest BCUT2D eigenvalue weighted by atomic mass is 35.5. The monoisotopic (exact) mass is 315 g/mol. The molecule has 0 unspecified atom stereocenters. The van der Waals surface area contributed by atoms with E-state index in [1.807, 2.05) is 6.92 Å². The zero-order valence-electron chi connectivity index (χ0n) is 10.0. The van der Waals surface area contributed by atoms with Gasteiger partial charge in [0, 0.05) is 15.5 Å². The number of hydrogen-bond acceptors (Lipinski definition) is 3. The summed E-state index contributed by atoms with van der Waals surface area (Å²) in [5.41, 5.74) is 0.888. The summed E-state index contributed by atoms with van der Waals surface area (Å²) in [5.74, 6) is 0.731. The Morgan fingerprint density at radius 1 is 1.47 bits per heavy atom. The van der Waals surface area contributed by atoms with E-state index in [2.05, 4.69) is 15.5 Å². The Morgan fingerprint density at radius 2 is 2.26 bits per heavy atom. The fourth-order valence-corrected chi connectivity index (χ4v) is 2.67. The number of nitrogens with one attached hydrogen (secondary N) is 2. The lowest BCUT2D eigenvalue weighted by molar-refractivity contribution is -0.113. The van der Waals surface area contributed by atoms with Crippen molar-refractivity contribution in [1.82, 2.24) is 10.2 Å². The van der Waals surface area contributed by atoms with E-state index in [1.54, 1.807) is 24.4 Å². The van der Waals surface area contributed by atoms with Gasteiger partial charge in [-0.1, -0.05) is 23.2 Å². The van der Waals surface area contributed by atoms with Crippen LogP contribution in [0.1, 0.15) is 5.56 Å². The van der Waals surface area contributed by atoms with Crippen LogP contribution in [0.15, 0.2) is 29.3 Å². The minimum Gasteiger partial charge on any atom is -0.310 e. The molecule has 1 heterocycles. The molecule has 2 aromatic rings. The maximum absolute atomic E-state index is 11.8. The molecular weight excluding hydrogens is 305 g/mol. The van der Waals surface area contributed by atoms with Gasteiger partial charge >= 0.3 is 0 Å². The number of anilines is 1. The lowest BCUT2D eigenvalue weighted by Gasteiger charge is -2.05. The zero-order valence-corrected chi connectivity index (χ0v) is 12.4. The normalized spacial score (nSPS) is 10.5. The molecule has 1 aromatic heterocycles. The summed E-state index contributed by atoms with van der Waals surface area (Å²) in [6.07, 6.45) is 1.65. The van der Waals surface area contributed by atoms with Crippen molar-refractivity contribution in [2.24, 2.45) is 0 Å². The van der Waals surface area contributed by atoms with Gasteiger partial charge in [0.1, 0.15) is 5.82 Å². The summed E-state index contributed by atoms with van der Waals surface area (Å²) >= 11 is 13.2. The van der Waals surface area contributed by atoms with Crippen molar-refractivity contribution in [1.29, 1.82) is 0 Å². The van der Waals surface area contributed by atoms with Crippen LogP contribution in [0.25, 0.3) is 0 Å². The van der Waals surface area contributed by atoms with Gasteiger partial charge in [0.2, 0.25) is 5.91 Å². The van der Waals surface area contributed by atoms with Crippen LogP contribution >= 0.6 is 35.0 Å². The number of rotatable bonds is 4. The largest absolute Gasteiger partial charge is 0.310 e. The Balaban J connectivity index is 1.93. The highest BCUT2D eigenvalue weighted by Gasteiger charge is 2.09. The van der Waals surface area contributed by atoms with Crippen molar-refractivity contribution in [2.75, 3.05) is 11.1 Å². The van der Waals surface area contributed by atoms with Crippen LogP contribution in [0.4, 0.5) is 5.82 Å². The smallest absolute Gasteiger partial charge is 0.235 e. The number of halogens is 2. The molecule has 0 atom stereocenters. The Bertz CT molecular complexity index is 600. The van der Waals surface area contributed by atoms with Gasteiger partial charge in [-0.15, -0.1) is 11.8 Å². The van der Waals surface area contributed by atoms with E-state index >= 15 is 0 Å². The molecule has 0 spiro atoms. The summed E-state index contributed by atoms with van der Waals surface area (Å²) in [6, 6.07) is 5.16. The molecule has 100 valence electrons. The topological polar surface area (TPSA) is 57.8 Å². The molecule has 1 aromatic carbocycles. The number of aryl methyl sites for hydroxylation is 1. The Hall–Kier alpha value is -1.17. The van der Waals surface area contributed by atoms with Gasteiger partial charge in [0.25, 0.3) is 0 Å². The number of carbonyl (C=O) groups excluding carboxylic acids is 1. The molecule has 2 rings (SSSR count). The summed E-state index contributed by atoms with van der Waals surface area (Å²) in [7, 11) is 0. The number of nitrogens with zero attached hydrogens (tertiary/aromatic N) is 1. The molecule has 0 saturated carbocycles. The summed E-state index contributed by atoms with van der Waals surface area (Å²) in [6.45, 7) is 1.86. The lowest BCUT2D eigenvalue weighted by Crippen LogP contribution is -2.15. The third-order valence-electron chi connectivity index (χ3n) is 2.35. The minimum atomic E-state index is -0.131. The Labute approximate surface area is 124 Å². The number of H-pyrrole nitrogens is 1. The summed E-state index contributed by atoms with van der Waals surface area (Å²) < 4.78 is 0. The van der Waals surface area contributed by atoms with Gasteiger partial charge in [-0.05, 0) is 25.1 Å². The average molecular weight is 316 g/mol. The van der Waals surface area contributed by atoms with Gasteiger partial charge < -0.3 is 5.32 Å². The van der Waals surface area contributed by atoms with E-state index in [0.717, 1.165) is 10.5 Å². The van der Waals surface area contributed by atoms with Gasteiger partial charge in [0.15, 0.2) is 0 Å². The van der Waals surface area contributed by atoms with Gasteiger partial charge in [-0.2, -0.15) is 5.10 Å². The predicted octanol–water partition coefficient (Wildman–Crippen LogP) is 3.76. The lowest BCUT2D eigenvalue weighted by atomic mass is 10.4. The Kier molecular flexibility index (Phi) is 4.74. The summed E-state index contributed by atoms with van der Waals surface area (Å²) in [5, 5.41) is 10.5. The molecule has 1 amide bonds. The fraction of sp³-hybridized carbons (Fsp3) is 0.167. The first-order chi connectivity index (χ1) is 9.06. The van der Waals surface area contributed by atoms with Crippen molar-refractivity contribution in [3.63, 3.8) is 0 Å². The third kappa shape index (κ3) is 3.89. The van der Waals surface area contributed by atoms with Crippen LogP contribution in [0, 0.1) is 6.92 Å². The fourth-order valence-electron chi connectivity index (χ4n) is 1.38. The van der Waals surface area contributed by atoms with Crippen LogP contribution in [0.2, 0.25) is 10.0 Å². The van der Waals surface area contributed by atoms with Crippen LogP contribution in [0.3, 0.4) is 0 Å². The molecule has 7 heteroatoms. The first-order valence-electron chi connectivity index (χ1n) is 5.44. The van der Waals surface area contributed by atoms with Crippen molar-refractivity contribution >= 4 is 46.7 Å². The Morgan fingerprint density at radius 3 is 2.95 bits per heavy atom. The maximum atomic E-state index is 11.8. The first kappa shape index (κ1) is 14.2. The van der Waals surface area contributed by atoms with Crippen LogP contribution in [-0.2, 0) is 4.79 Å². The molecular formula is C12H11Cl2N3OS. The molecule has 0 radical (unpaired) electrons. The molecule has 0 aliphatic carbocycles. The van der Waals surface area contributed by atoms with Crippen molar-refractivity contribution < 1.29 is 4.79 Å². The van der Waals surface area contributed by atoms with E-state index in [9.17, 15) is 4.79 Å². The SMILES string of the molecule is Cc1cn[nH]c1NC(=O)CSc1cc(Cl)ccc1Cl. The zero-order chi connectivity index (χ0) is 13.8. The van der Waals surface area contributed by atoms with Crippen molar-refractivity contribution in [3.8, 4) is 0 Å². The minimum absolute atomic E-state index is 0.131. The molecule has 0 fully saturated rings. The molecule has 0 bridgehead atoms. The highest BCUT2D eigenvalue weighted by molar-refractivity contribution is 8.00. The number of hydrogen-bond donors (Lipinski definition) is 2. The second-order valence-electron chi connectivity index (χ2n) is 3.84. The number of amides is 1. The first-order valence-corrected chi connectivity index (χ1v) is 7.18. The second kappa shape index (κ2) is 6.32. The standard InChI is InChI=1S/C12H11Cl2N3OS/c1-7-5-15-17-12(7)16-11(18)6-19-10-4-8(13)2-3-9(10)14/h2-5H,6H2,1H3,(H2,15,16,17,18). The van der Waals surface area contributed by atoms with E-state index in [0.29, 0.717) is 15.9 Å². The third-order valence-corrected chi connectivity index (χ3v) is 4.08. The molecule has 0 saturated heterocycles. The van der Waals surface area contributed by atoms with Crippen LogP contribution in [-0.4, -0.2) is 21.9 Å². The molecule has 19 heavy (non-hydrogen) atoms. The van der Waals surface area contributed by atoms with E-state index in [-0.39, 0.29) is 11.7 Å². The van der Waals surface area contributed by atoms with Crippen LogP contribution < -0.4 is 5.32 Å². The van der Waals surface area contributed by atoms with Crippen molar-refractivity contribution in [3.05, 3.63) is 40.0 Å². The average Bonchev–Trinajstić information content (AvgIpc) is 2.76. The molecule has 4 nitrogen and oxygen atoms in total. The number of carbonyl (C=O) groups is 1. The quantitative estimate of drug-likeness (QED) is 0.845. The molecule has 0 aliphatic heterocycles. The van der Waals surface area contributed by atoms with Gasteiger partial charge in [-0.3, -0.25) is 9.89 Å². The van der Waals surface area contributed by atoms with E-state index < -0.39 is 0 Å². The van der Waals surface area contributed by atoms with E-state index in [1.165, 1.54) is 11.8 Å². The maximum Gasteiger partial charge on any atom is 0.235 e.